The maximum Gasteiger partial charge on any atom is 0.343 e. The highest BCUT2D eigenvalue weighted by Crippen LogP contribution is 2.46. The largest absolute Gasteiger partial charge is 0.458 e. The number of hydrogen-bond donors (Lipinski definition) is 1. The predicted molar refractivity (Wildman–Crippen MR) is 132 cm³/mol. The molecule has 0 unspecified atom stereocenters. The molecular weight excluding hydrogens is 498 g/mol. The summed E-state index contributed by atoms with van der Waals surface area (Å²) < 4.78 is 17.0. The first kappa shape index (κ1) is 24.2. The zero-order valence-electron chi connectivity index (χ0n) is 20.4. The molecule has 0 amide bonds. The quantitative estimate of drug-likeness (QED) is 0.181. The molecule has 1 saturated heterocycles. The average Bonchev–Trinajstić information content (AvgIpc) is 3.09. The van der Waals surface area contributed by atoms with E-state index in [2.05, 4.69) is 5.10 Å². The number of benzene rings is 1. The molecule has 0 aliphatic carbocycles. The number of aliphatic hydroxyl groups is 1. The van der Waals surface area contributed by atoms with Gasteiger partial charge in [0.25, 0.3) is 5.56 Å². The zero-order chi connectivity index (χ0) is 26.6. The van der Waals surface area contributed by atoms with E-state index in [1.165, 1.54) is 11.5 Å². The molecule has 196 valence electrons. The maximum absolute atomic E-state index is 13.6. The molecule has 3 aliphatic rings. The normalized spacial score (nSPS) is 20.7. The smallest absolute Gasteiger partial charge is 0.343 e. The molecule has 13 heteroatoms. The minimum absolute atomic E-state index is 0.00504. The molecule has 0 spiro atoms. The third-order valence-corrected chi connectivity index (χ3v) is 7.16. The molecular formula is C25H23N5O8. The van der Waals surface area contributed by atoms with Gasteiger partial charge in [0.05, 0.1) is 47.5 Å². The molecule has 38 heavy (non-hydrogen) atoms. The van der Waals surface area contributed by atoms with Gasteiger partial charge in [-0.05, 0) is 12.5 Å². The minimum Gasteiger partial charge on any atom is -0.458 e. The lowest BCUT2D eigenvalue weighted by molar-refractivity contribution is -0.386. The maximum atomic E-state index is 13.6. The molecule has 13 nitrogen and oxygen atoms in total. The van der Waals surface area contributed by atoms with Gasteiger partial charge in [0.15, 0.2) is 5.60 Å². The predicted octanol–water partition coefficient (Wildman–Crippen LogP) is 1.59. The van der Waals surface area contributed by atoms with Crippen LogP contribution in [0, 0.1) is 10.1 Å². The molecule has 0 bridgehead atoms. The van der Waals surface area contributed by atoms with Crippen molar-refractivity contribution >= 4 is 28.8 Å². The summed E-state index contributed by atoms with van der Waals surface area (Å²) in [6, 6.07) is 7.26. The first-order valence-electron chi connectivity index (χ1n) is 12.1. The van der Waals surface area contributed by atoms with E-state index in [-0.39, 0.29) is 49.0 Å². The molecule has 1 atom stereocenters. The summed E-state index contributed by atoms with van der Waals surface area (Å²) in [5.41, 5.74) is -1.95. The summed E-state index contributed by atoms with van der Waals surface area (Å²) >= 11 is 0. The summed E-state index contributed by atoms with van der Waals surface area (Å²) in [6.07, 6.45) is 1.43. The second-order valence-electron chi connectivity index (χ2n) is 9.19. The van der Waals surface area contributed by atoms with Crippen molar-refractivity contribution in [3.8, 4) is 11.4 Å². The Bertz CT molecular complexity index is 1590. The summed E-state index contributed by atoms with van der Waals surface area (Å²) in [7, 11) is 0. The lowest BCUT2D eigenvalue weighted by Gasteiger charge is -2.31. The third-order valence-electron chi connectivity index (χ3n) is 7.16. The Morgan fingerprint density at radius 2 is 2.08 bits per heavy atom. The molecule has 5 heterocycles. The standard InChI is InChI=1S/C25H23N5O8/c1-2-25(33)19-17(11-38-24(25)32)23(31)29-10-16-15(9-26-28-7-8-36-13-37-12-28)14-5-3-4-6-18(14)27-20(16)22(29)21(19)30(34)35/h3-6,9,33H,2,7-8,10-13H2,1H3/t25-/m0/s1. The summed E-state index contributed by atoms with van der Waals surface area (Å²) in [4.78, 5) is 42.8. The van der Waals surface area contributed by atoms with Crippen LogP contribution < -0.4 is 5.56 Å². The van der Waals surface area contributed by atoms with Crippen molar-refractivity contribution in [3.05, 3.63) is 67.0 Å². The van der Waals surface area contributed by atoms with Crippen LogP contribution >= 0.6 is 0 Å². The van der Waals surface area contributed by atoms with Crippen LogP contribution in [-0.2, 0) is 37.8 Å². The Morgan fingerprint density at radius 3 is 2.87 bits per heavy atom. The fraction of sp³-hybridized carbons (Fsp3) is 0.360. The molecule has 1 fully saturated rings. The van der Waals surface area contributed by atoms with E-state index in [0.717, 1.165) is 5.39 Å². The van der Waals surface area contributed by atoms with Crippen molar-refractivity contribution in [2.75, 3.05) is 26.7 Å². The molecule has 6 rings (SSSR count). The molecule has 3 aromatic rings. The Morgan fingerprint density at radius 1 is 1.26 bits per heavy atom. The van der Waals surface area contributed by atoms with E-state index in [4.69, 9.17) is 19.2 Å². The zero-order valence-corrected chi connectivity index (χ0v) is 20.4. The number of rotatable bonds is 4. The first-order chi connectivity index (χ1) is 18.3. The Labute approximate surface area is 215 Å². The highest BCUT2D eigenvalue weighted by molar-refractivity contribution is 6.03. The van der Waals surface area contributed by atoms with E-state index in [1.54, 1.807) is 23.4 Å². The lowest BCUT2D eigenvalue weighted by atomic mass is 9.84. The molecule has 2 aromatic heterocycles. The van der Waals surface area contributed by atoms with Crippen molar-refractivity contribution in [2.45, 2.75) is 32.1 Å². The second-order valence-corrected chi connectivity index (χ2v) is 9.19. The number of aromatic nitrogens is 2. The van der Waals surface area contributed by atoms with Gasteiger partial charge < -0.3 is 19.3 Å². The Balaban J connectivity index is 1.63. The van der Waals surface area contributed by atoms with Crippen LogP contribution in [0.15, 0.2) is 34.2 Å². The number of hydrazone groups is 1. The fourth-order valence-electron chi connectivity index (χ4n) is 5.25. The molecule has 3 aliphatic heterocycles. The van der Waals surface area contributed by atoms with E-state index >= 15 is 0 Å². The number of esters is 1. The van der Waals surface area contributed by atoms with E-state index in [9.17, 15) is 24.8 Å². The number of pyridine rings is 2. The van der Waals surface area contributed by atoms with Gasteiger partial charge in [0.2, 0.25) is 0 Å². The van der Waals surface area contributed by atoms with Crippen LogP contribution in [0.3, 0.4) is 0 Å². The highest BCUT2D eigenvalue weighted by Gasteiger charge is 2.52. The number of nitrogens with zero attached hydrogens (tertiary/aromatic N) is 5. The van der Waals surface area contributed by atoms with Crippen LogP contribution in [0.4, 0.5) is 5.69 Å². The van der Waals surface area contributed by atoms with Gasteiger partial charge in [-0.1, -0.05) is 25.1 Å². The van der Waals surface area contributed by atoms with Gasteiger partial charge in [-0.2, -0.15) is 5.10 Å². The minimum atomic E-state index is -2.33. The lowest BCUT2D eigenvalue weighted by Crippen LogP contribution is -2.45. The Kier molecular flexibility index (Phi) is 5.70. The molecule has 1 aromatic carbocycles. The average molecular weight is 521 g/mol. The first-order valence-corrected chi connectivity index (χ1v) is 12.1. The van der Waals surface area contributed by atoms with Gasteiger partial charge in [0.1, 0.15) is 31.5 Å². The van der Waals surface area contributed by atoms with Crippen LogP contribution in [0.5, 0.6) is 0 Å². The topological polar surface area (TPSA) is 159 Å². The fourth-order valence-corrected chi connectivity index (χ4v) is 5.25. The van der Waals surface area contributed by atoms with Crippen LogP contribution in [0.2, 0.25) is 0 Å². The summed E-state index contributed by atoms with van der Waals surface area (Å²) in [5, 5.41) is 30.7. The number of carbonyl (C=O) groups excluding carboxylic acids is 1. The van der Waals surface area contributed by atoms with Crippen LogP contribution in [0.1, 0.15) is 35.6 Å². The van der Waals surface area contributed by atoms with Gasteiger partial charge in [-0.3, -0.25) is 24.5 Å². The Hall–Kier alpha value is -4.20. The second kappa shape index (κ2) is 8.97. The number of nitro groups is 1. The van der Waals surface area contributed by atoms with Crippen LogP contribution in [-0.4, -0.2) is 63.4 Å². The van der Waals surface area contributed by atoms with E-state index in [0.29, 0.717) is 29.8 Å². The summed E-state index contributed by atoms with van der Waals surface area (Å²) in [5.74, 6) is -1.03. The summed E-state index contributed by atoms with van der Waals surface area (Å²) in [6.45, 7) is 2.36. The monoisotopic (exact) mass is 521 g/mol. The van der Waals surface area contributed by atoms with Crippen LogP contribution in [0.25, 0.3) is 22.3 Å². The van der Waals surface area contributed by atoms with Gasteiger partial charge in [-0.15, -0.1) is 0 Å². The van der Waals surface area contributed by atoms with Gasteiger partial charge >= 0.3 is 11.7 Å². The van der Waals surface area contributed by atoms with E-state index in [1.807, 2.05) is 12.1 Å². The van der Waals surface area contributed by atoms with Crippen molar-refractivity contribution < 1.29 is 29.0 Å². The molecule has 0 saturated carbocycles. The number of ether oxygens (including phenoxy) is 3. The van der Waals surface area contributed by atoms with Gasteiger partial charge in [0, 0.05) is 16.5 Å². The molecule has 1 N–H and O–H groups in total. The number of para-hydroxylation sites is 1. The number of carbonyl (C=O) groups is 1. The van der Waals surface area contributed by atoms with E-state index < -0.39 is 34.3 Å². The van der Waals surface area contributed by atoms with Crippen molar-refractivity contribution in [1.82, 2.24) is 14.6 Å². The van der Waals surface area contributed by atoms with Crippen molar-refractivity contribution in [1.29, 1.82) is 0 Å². The number of hydrogen-bond acceptors (Lipinski definition) is 11. The third kappa shape index (κ3) is 3.50. The number of cyclic esters (lactones) is 1. The highest BCUT2D eigenvalue weighted by atomic mass is 16.7. The van der Waals surface area contributed by atoms with Crippen molar-refractivity contribution in [2.24, 2.45) is 5.10 Å². The van der Waals surface area contributed by atoms with Gasteiger partial charge in [-0.25, -0.2) is 9.78 Å². The number of fused-ring (bicyclic) bond motifs is 5. The SMILES string of the molecule is CC[C@@]1(O)C(=O)OCc2c1c([N+](=O)[O-])c1n(c2=O)Cc2c-1nc1ccccc1c2C=NN1CCOCOC1. The molecule has 0 radical (unpaired) electrons. The van der Waals surface area contributed by atoms with Crippen molar-refractivity contribution in [3.63, 3.8) is 0 Å².